The van der Waals surface area contributed by atoms with Crippen LogP contribution in [-0.2, 0) is 0 Å². The Balaban J connectivity index is 2.79. The Morgan fingerprint density at radius 2 is 1.62 bits per heavy atom. The summed E-state index contributed by atoms with van der Waals surface area (Å²) >= 11 is 0. The highest BCUT2D eigenvalue weighted by atomic mass is 14.7. The van der Waals surface area contributed by atoms with Gasteiger partial charge in [-0.2, -0.15) is 0 Å². The van der Waals surface area contributed by atoms with E-state index in [1.807, 2.05) is 36.5 Å². The van der Waals surface area contributed by atoms with Crippen LogP contribution in [0.4, 0.5) is 5.69 Å². The van der Waals surface area contributed by atoms with Gasteiger partial charge in [-0.15, -0.1) is 0 Å². The number of unbranched alkanes of at least 4 members (excludes halogenated alkanes) is 1. The third-order valence-corrected chi connectivity index (χ3v) is 4.15. The molecule has 24 heavy (non-hydrogen) atoms. The summed E-state index contributed by atoms with van der Waals surface area (Å²) < 4.78 is 0. The van der Waals surface area contributed by atoms with Crippen LogP contribution in [-0.4, -0.2) is 6.21 Å². The van der Waals surface area contributed by atoms with E-state index < -0.39 is 0 Å². The molecule has 0 bridgehead atoms. The minimum Gasteiger partial charge on any atom is -0.257 e. The first-order valence-electron chi connectivity index (χ1n) is 9.38. The summed E-state index contributed by atoms with van der Waals surface area (Å²) in [6, 6.07) is 10.1. The van der Waals surface area contributed by atoms with Gasteiger partial charge in [0.1, 0.15) is 0 Å². The molecule has 0 saturated carbocycles. The van der Waals surface area contributed by atoms with Crippen LogP contribution in [0.5, 0.6) is 0 Å². The molecule has 0 aliphatic heterocycles. The summed E-state index contributed by atoms with van der Waals surface area (Å²) in [6.45, 7) is 8.96. The summed E-state index contributed by atoms with van der Waals surface area (Å²) in [7, 11) is 0. The highest BCUT2D eigenvalue weighted by Gasteiger charge is 2.01. The number of allylic oxidation sites excluding steroid dienone is 6. The first-order chi connectivity index (χ1) is 11.7. The van der Waals surface area contributed by atoms with Gasteiger partial charge in [0.25, 0.3) is 0 Å². The molecule has 0 aliphatic rings. The van der Waals surface area contributed by atoms with Gasteiger partial charge in [-0.05, 0) is 50.3 Å². The lowest BCUT2D eigenvalue weighted by molar-refractivity contribution is 0.919. The first-order valence-corrected chi connectivity index (χ1v) is 9.38. The second kappa shape index (κ2) is 12.5. The van der Waals surface area contributed by atoms with Crippen LogP contribution in [0.2, 0.25) is 0 Å². The van der Waals surface area contributed by atoms with Gasteiger partial charge in [0, 0.05) is 6.21 Å². The van der Waals surface area contributed by atoms with Crippen LogP contribution in [0.1, 0.15) is 66.2 Å². The normalized spacial score (nSPS) is 13.8. The molecule has 1 nitrogen and oxygen atoms in total. The number of benzene rings is 1. The molecule has 0 radical (unpaired) electrons. The molecular weight excluding hydrogens is 290 g/mol. The molecule has 130 valence electrons. The molecule has 0 N–H and O–H groups in total. The van der Waals surface area contributed by atoms with E-state index in [1.165, 1.54) is 29.6 Å². The number of hydrogen-bond acceptors (Lipinski definition) is 1. The molecule has 1 aromatic rings. The second-order valence-corrected chi connectivity index (χ2v) is 6.05. The van der Waals surface area contributed by atoms with Crippen molar-refractivity contribution in [2.45, 2.75) is 66.2 Å². The topological polar surface area (TPSA) is 12.4 Å². The van der Waals surface area contributed by atoms with Gasteiger partial charge >= 0.3 is 0 Å². The molecule has 1 rings (SSSR count). The van der Waals surface area contributed by atoms with Crippen molar-refractivity contribution in [3.05, 3.63) is 65.3 Å². The smallest absolute Gasteiger partial charge is 0.0629 e. The zero-order valence-electron chi connectivity index (χ0n) is 15.9. The molecule has 0 unspecified atom stereocenters. The molecule has 0 amide bonds. The quantitative estimate of drug-likeness (QED) is 0.310. The van der Waals surface area contributed by atoms with Crippen LogP contribution in [0.25, 0.3) is 0 Å². The van der Waals surface area contributed by atoms with Crippen molar-refractivity contribution < 1.29 is 0 Å². The number of rotatable bonds is 10. The van der Waals surface area contributed by atoms with Crippen LogP contribution in [0, 0.1) is 0 Å². The van der Waals surface area contributed by atoms with Gasteiger partial charge in [-0.3, -0.25) is 4.99 Å². The summed E-state index contributed by atoms with van der Waals surface area (Å²) in [4.78, 5) is 4.51. The molecule has 0 atom stereocenters. The highest BCUT2D eigenvalue weighted by Crippen LogP contribution is 2.20. The zero-order chi connectivity index (χ0) is 17.6. The fraction of sp³-hybridized carbons (Fsp3) is 0.435. The van der Waals surface area contributed by atoms with Gasteiger partial charge < -0.3 is 0 Å². The van der Waals surface area contributed by atoms with Gasteiger partial charge in [0.15, 0.2) is 0 Å². The summed E-state index contributed by atoms with van der Waals surface area (Å²) in [5, 5.41) is 0. The van der Waals surface area contributed by atoms with Gasteiger partial charge in [-0.25, -0.2) is 0 Å². The van der Waals surface area contributed by atoms with E-state index in [0.717, 1.165) is 31.4 Å². The van der Waals surface area contributed by atoms with E-state index in [2.05, 4.69) is 50.9 Å². The van der Waals surface area contributed by atoms with Crippen LogP contribution < -0.4 is 0 Å². The Morgan fingerprint density at radius 1 is 0.917 bits per heavy atom. The third-order valence-electron chi connectivity index (χ3n) is 4.15. The van der Waals surface area contributed by atoms with Gasteiger partial charge in [0.2, 0.25) is 0 Å². The molecular formula is C23H33N. The molecule has 0 aliphatic carbocycles. The van der Waals surface area contributed by atoms with Crippen LogP contribution >= 0.6 is 0 Å². The van der Waals surface area contributed by atoms with Crippen molar-refractivity contribution in [1.29, 1.82) is 0 Å². The SMILES string of the molecule is CCC/C=C(/C=C(\CC)C/C(=C\C=Nc1ccccc1)CC)CC. The molecule has 0 aromatic heterocycles. The number of aliphatic imine (C=N–C) groups is 1. The van der Waals surface area contributed by atoms with E-state index in [0.29, 0.717) is 0 Å². The maximum atomic E-state index is 4.51. The van der Waals surface area contributed by atoms with Crippen molar-refractivity contribution in [3.63, 3.8) is 0 Å². The molecule has 0 heterocycles. The summed E-state index contributed by atoms with van der Waals surface area (Å²) in [6.07, 6.45) is 15.7. The Morgan fingerprint density at radius 3 is 2.21 bits per heavy atom. The number of nitrogens with zero attached hydrogens (tertiary/aromatic N) is 1. The van der Waals surface area contributed by atoms with E-state index in [4.69, 9.17) is 0 Å². The Hall–Kier alpha value is -1.89. The lowest BCUT2D eigenvalue weighted by atomic mass is 9.97. The second-order valence-electron chi connectivity index (χ2n) is 6.05. The molecule has 1 aromatic carbocycles. The lowest BCUT2D eigenvalue weighted by Crippen LogP contribution is -1.90. The van der Waals surface area contributed by atoms with E-state index in [1.54, 1.807) is 0 Å². The van der Waals surface area contributed by atoms with Crippen molar-refractivity contribution >= 4 is 11.9 Å². The standard InChI is InChI=1S/C23H33N/c1-5-9-13-20(6-2)18-22(8-4)19-21(7-3)16-17-24-23-14-11-10-12-15-23/h10-18H,5-9,19H2,1-4H3/b20-13+,21-16-,22-18+,24-17?. The Labute approximate surface area is 148 Å². The van der Waals surface area contributed by atoms with Crippen LogP contribution in [0.3, 0.4) is 0 Å². The summed E-state index contributed by atoms with van der Waals surface area (Å²) in [5.41, 5.74) is 5.43. The Kier molecular flexibility index (Phi) is 10.5. The molecule has 0 saturated heterocycles. The summed E-state index contributed by atoms with van der Waals surface area (Å²) in [5.74, 6) is 0. The first kappa shape index (κ1) is 20.2. The van der Waals surface area contributed by atoms with E-state index in [9.17, 15) is 0 Å². The van der Waals surface area contributed by atoms with Crippen molar-refractivity contribution in [3.8, 4) is 0 Å². The third kappa shape index (κ3) is 8.10. The zero-order valence-corrected chi connectivity index (χ0v) is 15.9. The van der Waals surface area contributed by atoms with Crippen molar-refractivity contribution in [2.75, 3.05) is 0 Å². The maximum absolute atomic E-state index is 4.51. The minimum atomic E-state index is 1.01. The molecule has 1 heteroatoms. The maximum Gasteiger partial charge on any atom is 0.0629 e. The van der Waals surface area contributed by atoms with Crippen molar-refractivity contribution in [2.24, 2.45) is 4.99 Å². The van der Waals surface area contributed by atoms with Gasteiger partial charge in [0.05, 0.1) is 5.69 Å². The average molecular weight is 324 g/mol. The average Bonchev–Trinajstić information content (AvgIpc) is 2.63. The molecule has 0 fully saturated rings. The molecule has 0 spiro atoms. The minimum absolute atomic E-state index is 1.01. The van der Waals surface area contributed by atoms with E-state index >= 15 is 0 Å². The van der Waals surface area contributed by atoms with Crippen LogP contribution in [0.15, 0.2) is 70.3 Å². The predicted octanol–water partition coefficient (Wildman–Crippen LogP) is 7.59. The van der Waals surface area contributed by atoms with Gasteiger partial charge in [-0.1, -0.05) is 81.2 Å². The lowest BCUT2D eigenvalue weighted by Gasteiger charge is -2.09. The number of para-hydroxylation sites is 1. The fourth-order valence-electron chi connectivity index (χ4n) is 2.51. The monoisotopic (exact) mass is 323 g/mol. The Bertz CT molecular complexity index is 573. The van der Waals surface area contributed by atoms with E-state index in [-0.39, 0.29) is 0 Å². The fourth-order valence-corrected chi connectivity index (χ4v) is 2.51. The highest BCUT2D eigenvalue weighted by molar-refractivity contribution is 5.75. The predicted molar refractivity (Wildman–Crippen MR) is 109 cm³/mol. The number of hydrogen-bond donors (Lipinski definition) is 0. The largest absolute Gasteiger partial charge is 0.257 e. The van der Waals surface area contributed by atoms with Crippen molar-refractivity contribution in [1.82, 2.24) is 0 Å².